The Hall–Kier alpha value is -1.75. The second-order valence-electron chi connectivity index (χ2n) is 4.74. The average Bonchev–Trinajstić information content (AvgIpc) is 2.79. The van der Waals surface area contributed by atoms with Crippen molar-refractivity contribution in [1.29, 1.82) is 0 Å². The van der Waals surface area contributed by atoms with Gasteiger partial charge in [0.1, 0.15) is 18.1 Å². The molecule has 0 fully saturated rings. The van der Waals surface area contributed by atoms with Crippen molar-refractivity contribution in [2.24, 2.45) is 11.7 Å². The maximum absolute atomic E-state index is 10.9. The zero-order valence-electron chi connectivity index (χ0n) is 11.3. The summed E-state index contributed by atoms with van der Waals surface area (Å²) in [5.74, 6) is 0.882. The number of amides is 1. The first-order valence-corrected chi connectivity index (χ1v) is 6.54. The maximum Gasteiger partial charge on any atom is 0.223 e. The van der Waals surface area contributed by atoms with Gasteiger partial charge < -0.3 is 20.5 Å². The van der Waals surface area contributed by atoms with Crippen LogP contribution in [0.4, 0.5) is 0 Å². The normalized spacial score (nSPS) is 18.5. The Balaban J connectivity index is 2.00. The smallest absolute Gasteiger partial charge is 0.223 e. The van der Waals surface area contributed by atoms with Gasteiger partial charge in [-0.05, 0) is 18.7 Å². The minimum atomic E-state index is -0.357. The summed E-state index contributed by atoms with van der Waals surface area (Å²) in [7, 11) is 0. The monoisotopic (exact) mass is 264 g/mol. The molecule has 1 heterocycles. The summed E-state index contributed by atoms with van der Waals surface area (Å²) in [5.41, 5.74) is 6.34. The predicted molar refractivity (Wildman–Crippen MR) is 72.2 cm³/mol. The van der Waals surface area contributed by atoms with Gasteiger partial charge in [0, 0.05) is 11.6 Å². The molecule has 0 saturated carbocycles. The van der Waals surface area contributed by atoms with Crippen LogP contribution in [0.3, 0.4) is 0 Å². The Morgan fingerprint density at radius 1 is 1.63 bits per heavy atom. The van der Waals surface area contributed by atoms with Crippen LogP contribution in [-0.4, -0.2) is 25.7 Å². The van der Waals surface area contributed by atoms with Crippen molar-refractivity contribution in [3.05, 3.63) is 23.8 Å². The quantitative estimate of drug-likeness (QED) is 0.810. The summed E-state index contributed by atoms with van der Waals surface area (Å²) in [4.78, 5) is 10.9. The molecule has 2 atom stereocenters. The van der Waals surface area contributed by atoms with Gasteiger partial charge in [-0.1, -0.05) is 13.8 Å². The first-order valence-electron chi connectivity index (χ1n) is 6.54. The summed E-state index contributed by atoms with van der Waals surface area (Å²) in [6.07, 6.45) is 0. The molecule has 0 spiro atoms. The highest BCUT2D eigenvalue weighted by molar-refractivity contribution is 5.76. The number of benzene rings is 1. The highest BCUT2D eigenvalue weighted by Gasteiger charge is 2.23. The van der Waals surface area contributed by atoms with Crippen LogP contribution in [0.15, 0.2) is 18.2 Å². The van der Waals surface area contributed by atoms with Gasteiger partial charge in [-0.2, -0.15) is 0 Å². The van der Waals surface area contributed by atoms with Crippen molar-refractivity contribution in [3.63, 3.8) is 0 Å². The molecular formula is C14H20N2O3. The number of carbonyl (C=O) groups excluding carboxylic acids is 1. The third-order valence-electron chi connectivity index (χ3n) is 3.20. The summed E-state index contributed by atoms with van der Waals surface area (Å²) in [6, 6.07) is 6.00. The summed E-state index contributed by atoms with van der Waals surface area (Å²) in [6.45, 7) is 5.64. The van der Waals surface area contributed by atoms with Gasteiger partial charge in [-0.25, -0.2) is 0 Å². The second-order valence-corrected chi connectivity index (χ2v) is 4.74. The predicted octanol–water partition coefficient (Wildman–Crippen LogP) is 1.23. The molecule has 5 nitrogen and oxygen atoms in total. The highest BCUT2D eigenvalue weighted by Crippen LogP contribution is 2.35. The Labute approximate surface area is 113 Å². The van der Waals surface area contributed by atoms with Crippen LogP contribution in [0.5, 0.6) is 11.5 Å². The van der Waals surface area contributed by atoms with Gasteiger partial charge in [0.2, 0.25) is 5.91 Å². The van der Waals surface area contributed by atoms with Gasteiger partial charge >= 0.3 is 0 Å². The van der Waals surface area contributed by atoms with Gasteiger partial charge in [0.05, 0.1) is 18.6 Å². The zero-order valence-corrected chi connectivity index (χ0v) is 11.3. The van der Waals surface area contributed by atoms with E-state index in [2.05, 4.69) is 12.2 Å². The standard InChI is InChI=1S/C14H20N2O3/c1-3-16-12-8-19-13-6-10(4-5-11(12)13)18-7-9(2)14(15)17/h4-6,9,12,16H,3,7-8H2,1-2H3,(H2,15,17). The molecule has 0 radical (unpaired) electrons. The van der Waals surface area contributed by atoms with E-state index >= 15 is 0 Å². The molecule has 0 saturated heterocycles. The molecule has 1 amide bonds. The van der Waals surface area contributed by atoms with E-state index in [9.17, 15) is 4.79 Å². The Kier molecular flexibility index (Phi) is 4.27. The molecule has 0 aliphatic carbocycles. The van der Waals surface area contributed by atoms with Crippen LogP contribution in [-0.2, 0) is 4.79 Å². The minimum absolute atomic E-state index is 0.249. The van der Waals surface area contributed by atoms with E-state index in [1.807, 2.05) is 18.2 Å². The molecule has 0 bridgehead atoms. The lowest BCUT2D eigenvalue weighted by molar-refractivity contribution is -0.122. The first-order chi connectivity index (χ1) is 9.11. The fraction of sp³-hybridized carbons (Fsp3) is 0.500. The van der Waals surface area contributed by atoms with Crippen LogP contribution in [0.2, 0.25) is 0 Å². The van der Waals surface area contributed by atoms with Crippen LogP contribution in [0.1, 0.15) is 25.5 Å². The molecule has 1 aliphatic rings. The van der Waals surface area contributed by atoms with Crippen molar-refractivity contribution in [2.45, 2.75) is 19.9 Å². The van der Waals surface area contributed by atoms with Crippen molar-refractivity contribution in [3.8, 4) is 11.5 Å². The minimum Gasteiger partial charge on any atom is -0.493 e. The lowest BCUT2D eigenvalue weighted by atomic mass is 10.1. The second kappa shape index (κ2) is 5.93. The van der Waals surface area contributed by atoms with Crippen LogP contribution in [0.25, 0.3) is 0 Å². The third-order valence-corrected chi connectivity index (χ3v) is 3.20. The molecule has 2 unspecified atom stereocenters. The van der Waals surface area contributed by atoms with Crippen molar-refractivity contribution >= 4 is 5.91 Å². The number of ether oxygens (including phenoxy) is 2. The van der Waals surface area contributed by atoms with E-state index in [0.717, 1.165) is 17.9 Å². The number of likely N-dealkylation sites (N-methyl/N-ethyl adjacent to an activating group) is 1. The molecule has 5 heteroatoms. The highest BCUT2D eigenvalue weighted by atomic mass is 16.5. The van der Waals surface area contributed by atoms with Gasteiger partial charge in [-0.15, -0.1) is 0 Å². The average molecular weight is 264 g/mol. The third kappa shape index (κ3) is 3.17. The van der Waals surface area contributed by atoms with Crippen molar-refractivity contribution in [2.75, 3.05) is 19.8 Å². The lowest BCUT2D eigenvalue weighted by Crippen LogP contribution is -2.25. The van der Waals surface area contributed by atoms with Crippen LogP contribution < -0.4 is 20.5 Å². The number of carbonyl (C=O) groups is 1. The Morgan fingerprint density at radius 2 is 2.42 bits per heavy atom. The number of hydrogen-bond acceptors (Lipinski definition) is 4. The van der Waals surface area contributed by atoms with E-state index in [1.165, 1.54) is 0 Å². The molecule has 1 aromatic carbocycles. The number of nitrogens with two attached hydrogens (primary N) is 1. The number of nitrogens with one attached hydrogen (secondary N) is 1. The van der Waals surface area contributed by atoms with Gasteiger partial charge in [0.15, 0.2) is 0 Å². The Morgan fingerprint density at radius 3 is 3.11 bits per heavy atom. The number of rotatable bonds is 6. The van der Waals surface area contributed by atoms with Gasteiger partial charge in [-0.3, -0.25) is 4.79 Å². The largest absolute Gasteiger partial charge is 0.493 e. The fourth-order valence-electron chi connectivity index (χ4n) is 2.00. The summed E-state index contributed by atoms with van der Waals surface area (Å²) >= 11 is 0. The molecule has 3 N–H and O–H groups in total. The summed E-state index contributed by atoms with van der Waals surface area (Å²) in [5, 5.41) is 3.36. The summed E-state index contributed by atoms with van der Waals surface area (Å²) < 4.78 is 11.2. The van der Waals surface area contributed by atoms with Crippen LogP contribution in [0, 0.1) is 5.92 Å². The SMILES string of the molecule is CCNC1COc2cc(OCC(C)C(N)=O)ccc21. The molecule has 19 heavy (non-hydrogen) atoms. The number of hydrogen-bond donors (Lipinski definition) is 2. The van der Waals surface area contributed by atoms with Gasteiger partial charge in [0.25, 0.3) is 0 Å². The van der Waals surface area contributed by atoms with Crippen LogP contribution >= 0.6 is 0 Å². The number of fused-ring (bicyclic) bond motifs is 1. The van der Waals surface area contributed by atoms with E-state index in [0.29, 0.717) is 12.4 Å². The van der Waals surface area contributed by atoms with E-state index in [4.69, 9.17) is 15.2 Å². The van der Waals surface area contributed by atoms with E-state index in [1.54, 1.807) is 6.92 Å². The molecular weight excluding hydrogens is 244 g/mol. The van der Waals surface area contributed by atoms with E-state index < -0.39 is 0 Å². The van der Waals surface area contributed by atoms with E-state index in [-0.39, 0.29) is 24.5 Å². The maximum atomic E-state index is 10.9. The number of primary amides is 1. The molecule has 104 valence electrons. The molecule has 1 aromatic rings. The topological polar surface area (TPSA) is 73.6 Å². The molecule has 1 aliphatic heterocycles. The Bertz CT molecular complexity index is 462. The zero-order chi connectivity index (χ0) is 13.8. The van der Waals surface area contributed by atoms with Crippen molar-refractivity contribution < 1.29 is 14.3 Å². The lowest BCUT2D eigenvalue weighted by Gasteiger charge is -2.12. The first kappa shape index (κ1) is 13.7. The molecule has 0 aromatic heterocycles. The fourth-order valence-corrected chi connectivity index (χ4v) is 2.00. The van der Waals surface area contributed by atoms with Crippen molar-refractivity contribution in [1.82, 2.24) is 5.32 Å². The molecule has 2 rings (SSSR count).